The van der Waals surface area contributed by atoms with Gasteiger partial charge in [0.2, 0.25) is 0 Å². The molecule has 2 aliphatic carbocycles. The van der Waals surface area contributed by atoms with Crippen molar-refractivity contribution in [1.82, 2.24) is 0 Å². The summed E-state index contributed by atoms with van der Waals surface area (Å²) in [4.78, 5) is 0. The lowest BCUT2D eigenvalue weighted by molar-refractivity contribution is -0.0253. The van der Waals surface area contributed by atoms with Gasteiger partial charge in [-0.25, -0.2) is 0 Å². The summed E-state index contributed by atoms with van der Waals surface area (Å²) in [6, 6.07) is 0. The van der Waals surface area contributed by atoms with Gasteiger partial charge in [0.25, 0.3) is 0 Å². The van der Waals surface area contributed by atoms with Crippen molar-refractivity contribution >= 4 is 16.6 Å². The highest BCUT2D eigenvalue weighted by Crippen LogP contribution is 2.59. The first kappa shape index (κ1) is 25.6. The first-order valence-electron chi connectivity index (χ1n) is 12.2. The zero-order valence-electron chi connectivity index (χ0n) is 21.9. The SMILES string of the molecule is CC(CO[Si](C)(C)C(C)(C)C)C1CCC2C(O[Si](C)(C)C(C)(C)C)CCC[C@]12C. The lowest BCUT2D eigenvalue weighted by Crippen LogP contribution is -2.50. The molecule has 0 aliphatic heterocycles. The van der Waals surface area contributed by atoms with Crippen molar-refractivity contribution in [3.8, 4) is 0 Å². The van der Waals surface area contributed by atoms with E-state index in [1.807, 2.05) is 0 Å². The van der Waals surface area contributed by atoms with Gasteiger partial charge in [-0.05, 0) is 85.1 Å². The van der Waals surface area contributed by atoms with Crippen molar-refractivity contribution in [3.05, 3.63) is 0 Å². The summed E-state index contributed by atoms with van der Waals surface area (Å²) in [7, 11) is -3.39. The molecule has 2 aliphatic rings. The second-order valence-electron chi connectivity index (χ2n) is 13.7. The van der Waals surface area contributed by atoms with Gasteiger partial charge in [0.05, 0.1) is 0 Å². The molecule has 2 rings (SSSR count). The summed E-state index contributed by atoms with van der Waals surface area (Å²) in [6.45, 7) is 29.8. The van der Waals surface area contributed by atoms with Crippen molar-refractivity contribution in [3.63, 3.8) is 0 Å². The van der Waals surface area contributed by atoms with E-state index in [2.05, 4.69) is 81.6 Å². The molecule has 0 aromatic rings. The molecule has 5 atom stereocenters. The number of hydrogen-bond donors (Lipinski definition) is 0. The average Bonchev–Trinajstić information content (AvgIpc) is 2.88. The molecule has 0 saturated heterocycles. The normalized spacial score (nSPS) is 32.9. The maximum Gasteiger partial charge on any atom is 0.192 e. The summed E-state index contributed by atoms with van der Waals surface area (Å²) >= 11 is 0. The Bertz CT molecular complexity index is 558. The Kier molecular flexibility index (Phi) is 7.39. The van der Waals surface area contributed by atoms with Crippen molar-refractivity contribution in [2.75, 3.05) is 6.61 Å². The van der Waals surface area contributed by atoms with E-state index in [0.29, 0.717) is 27.5 Å². The molecule has 0 N–H and O–H groups in total. The lowest BCUT2D eigenvalue weighted by atomic mass is 9.62. The van der Waals surface area contributed by atoms with Crippen molar-refractivity contribution in [1.29, 1.82) is 0 Å². The molecule has 2 saturated carbocycles. The molecule has 4 unspecified atom stereocenters. The van der Waals surface area contributed by atoms with E-state index in [-0.39, 0.29) is 0 Å². The minimum Gasteiger partial charge on any atom is -0.417 e. The predicted molar refractivity (Wildman–Crippen MR) is 133 cm³/mol. The molecule has 2 nitrogen and oxygen atoms in total. The highest BCUT2D eigenvalue weighted by atomic mass is 28.4. The molecule has 0 heterocycles. The van der Waals surface area contributed by atoms with E-state index in [9.17, 15) is 0 Å². The molecule has 2 fully saturated rings. The fourth-order valence-electron chi connectivity index (χ4n) is 5.46. The Morgan fingerprint density at radius 2 is 1.45 bits per heavy atom. The molecule has 0 amide bonds. The highest BCUT2D eigenvalue weighted by molar-refractivity contribution is 6.74. The standard InChI is InChI=1S/C25H52O2Si2/c1-19(18-26-28(9,10)23(2,3)4)20-15-16-21-22(14-13-17-25(20,21)8)27-29(11,12)24(5,6)7/h19-22H,13-18H2,1-12H3/t19?,20?,21?,22?,25-/m1/s1. The van der Waals surface area contributed by atoms with Gasteiger partial charge in [0.15, 0.2) is 16.6 Å². The van der Waals surface area contributed by atoms with Crippen LogP contribution in [0.15, 0.2) is 0 Å². The Labute approximate surface area is 185 Å². The number of fused-ring (bicyclic) bond motifs is 1. The predicted octanol–water partition coefficient (Wildman–Crippen LogP) is 8.25. The molecule has 172 valence electrons. The van der Waals surface area contributed by atoms with Gasteiger partial charge in [0.1, 0.15) is 0 Å². The second-order valence-corrected chi connectivity index (χ2v) is 23.2. The zero-order valence-corrected chi connectivity index (χ0v) is 23.9. The van der Waals surface area contributed by atoms with E-state index in [1.165, 1.54) is 32.1 Å². The van der Waals surface area contributed by atoms with Gasteiger partial charge < -0.3 is 8.85 Å². The van der Waals surface area contributed by atoms with Gasteiger partial charge in [-0.15, -0.1) is 0 Å². The van der Waals surface area contributed by atoms with Crippen molar-refractivity contribution in [2.45, 2.75) is 130 Å². The summed E-state index contributed by atoms with van der Waals surface area (Å²) < 4.78 is 13.7. The average molecular weight is 441 g/mol. The molecule has 0 radical (unpaired) electrons. The Balaban J connectivity index is 2.09. The van der Waals surface area contributed by atoms with Gasteiger partial charge in [-0.3, -0.25) is 0 Å². The fraction of sp³-hybridized carbons (Fsp3) is 1.00. The minimum absolute atomic E-state index is 0.293. The molecule has 4 heteroatoms. The van der Waals surface area contributed by atoms with Gasteiger partial charge >= 0.3 is 0 Å². The smallest absolute Gasteiger partial charge is 0.192 e. The van der Waals surface area contributed by atoms with Gasteiger partial charge in [-0.1, -0.05) is 61.8 Å². The zero-order chi connectivity index (χ0) is 22.5. The molecule has 0 spiro atoms. The van der Waals surface area contributed by atoms with Crippen LogP contribution in [-0.4, -0.2) is 29.3 Å². The minimum atomic E-state index is -1.71. The molecule has 0 aromatic carbocycles. The van der Waals surface area contributed by atoms with E-state index >= 15 is 0 Å². The van der Waals surface area contributed by atoms with E-state index in [0.717, 1.165) is 18.4 Å². The third-order valence-electron chi connectivity index (χ3n) is 9.59. The Hall–Kier alpha value is 0.354. The van der Waals surface area contributed by atoms with Crippen LogP contribution in [0.4, 0.5) is 0 Å². The summed E-state index contributed by atoms with van der Waals surface area (Å²) in [5.74, 6) is 2.17. The Morgan fingerprint density at radius 1 is 0.897 bits per heavy atom. The Morgan fingerprint density at radius 3 is 1.97 bits per heavy atom. The molecule has 0 bridgehead atoms. The van der Waals surface area contributed by atoms with E-state index in [1.54, 1.807) is 0 Å². The van der Waals surface area contributed by atoms with Crippen LogP contribution in [0.3, 0.4) is 0 Å². The maximum atomic E-state index is 7.02. The topological polar surface area (TPSA) is 18.5 Å². The van der Waals surface area contributed by atoms with Crippen molar-refractivity contribution in [2.24, 2.45) is 23.2 Å². The molecule has 29 heavy (non-hydrogen) atoms. The maximum absolute atomic E-state index is 7.02. The largest absolute Gasteiger partial charge is 0.417 e. The van der Waals surface area contributed by atoms with Crippen LogP contribution in [0.1, 0.15) is 87.5 Å². The molecular formula is C25H52O2Si2. The number of rotatable bonds is 6. The van der Waals surface area contributed by atoms with E-state index in [4.69, 9.17) is 8.85 Å². The first-order valence-corrected chi connectivity index (χ1v) is 18.1. The molecule has 0 aromatic heterocycles. The van der Waals surface area contributed by atoms with Crippen LogP contribution in [0.5, 0.6) is 0 Å². The monoisotopic (exact) mass is 440 g/mol. The third-order valence-corrected chi connectivity index (χ3v) is 18.6. The number of hydrogen-bond acceptors (Lipinski definition) is 2. The third kappa shape index (κ3) is 5.23. The summed E-state index contributed by atoms with van der Waals surface area (Å²) in [5.41, 5.74) is 0.432. The van der Waals surface area contributed by atoms with Crippen LogP contribution < -0.4 is 0 Å². The quantitative estimate of drug-likeness (QED) is 0.387. The van der Waals surface area contributed by atoms with Crippen LogP contribution in [0.2, 0.25) is 36.3 Å². The second kappa shape index (κ2) is 8.37. The van der Waals surface area contributed by atoms with Crippen LogP contribution in [-0.2, 0) is 8.85 Å². The van der Waals surface area contributed by atoms with Crippen LogP contribution >= 0.6 is 0 Å². The van der Waals surface area contributed by atoms with Gasteiger partial charge in [0, 0.05) is 12.7 Å². The lowest BCUT2D eigenvalue weighted by Gasteiger charge is -2.50. The highest BCUT2D eigenvalue weighted by Gasteiger charge is 2.54. The van der Waals surface area contributed by atoms with E-state index < -0.39 is 16.6 Å². The van der Waals surface area contributed by atoms with Crippen LogP contribution in [0, 0.1) is 23.2 Å². The first-order chi connectivity index (χ1) is 12.9. The summed E-state index contributed by atoms with van der Waals surface area (Å²) in [6.07, 6.45) is 7.18. The van der Waals surface area contributed by atoms with Gasteiger partial charge in [-0.2, -0.15) is 0 Å². The summed E-state index contributed by atoms with van der Waals surface area (Å²) in [5, 5.41) is 0.588. The van der Waals surface area contributed by atoms with Crippen molar-refractivity contribution < 1.29 is 8.85 Å². The van der Waals surface area contributed by atoms with Crippen LogP contribution in [0.25, 0.3) is 0 Å². The molecular weight excluding hydrogens is 388 g/mol. The fourth-order valence-corrected chi connectivity index (χ4v) is 7.97.